The molecule has 1 fully saturated rings. The van der Waals surface area contributed by atoms with E-state index in [4.69, 9.17) is 4.74 Å². The molecule has 4 rings (SSSR count). The first kappa shape index (κ1) is 28.3. The first-order valence-corrected chi connectivity index (χ1v) is 14.0. The fourth-order valence-electron chi connectivity index (χ4n) is 5.48. The van der Waals surface area contributed by atoms with Gasteiger partial charge in [0.05, 0.1) is 12.6 Å². The number of likely N-dealkylation sites (tertiary alicyclic amines) is 1. The third-order valence-corrected chi connectivity index (χ3v) is 8.51. The van der Waals surface area contributed by atoms with Crippen LogP contribution in [0.4, 0.5) is 8.78 Å². The number of ether oxygens (including phenoxy) is 1. The van der Waals surface area contributed by atoms with Gasteiger partial charge in [0.1, 0.15) is 17.4 Å². The van der Waals surface area contributed by atoms with E-state index in [1.165, 1.54) is 17.8 Å². The summed E-state index contributed by atoms with van der Waals surface area (Å²) in [7, 11) is 3.60. The smallest absolute Gasteiger partial charge is 0.303 e. The van der Waals surface area contributed by atoms with Crippen LogP contribution in [0.3, 0.4) is 0 Å². The van der Waals surface area contributed by atoms with Gasteiger partial charge in [-0.15, -0.1) is 11.8 Å². The third-order valence-electron chi connectivity index (χ3n) is 7.50. The largest absolute Gasteiger partial charge is 0.497 e. The molecule has 0 unspecified atom stereocenters. The fourth-order valence-corrected chi connectivity index (χ4v) is 6.45. The van der Waals surface area contributed by atoms with Crippen molar-refractivity contribution >= 4 is 28.6 Å². The molecule has 3 aromatic rings. The Bertz CT molecular complexity index is 1240. The van der Waals surface area contributed by atoms with Crippen LogP contribution in [0.1, 0.15) is 37.3 Å². The van der Waals surface area contributed by atoms with Gasteiger partial charge in [-0.05, 0) is 92.7 Å². The molecule has 1 saturated heterocycles. The predicted octanol–water partition coefficient (Wildman–Crippen LogP) is 5.77. The normalized spacial score (nSPS) is 18.9. The fraction of sp³-hybridized carbons (Fsp3) is 0.448. The highest BCUT2D eigenvalue weighted by molar-refractivity contribution is 7.99. The number of carboxylic acid groups (broad SMARTS) is 1. The van der Waals surface area contributed by atoms with E-state index in [0.717, 1.165) is 60.2 Å². The van der Waals surface area contributed by atoms with Gasteiger partial charge in [0.25, 0.3) is 0 Å². The molecule has 0 spiro atoms. The summed E-state index contributed by atoms with van der Waals surface area (Å²) >= 11 is 1.29. The highest BCUT2D eigenvalue weighted by Gasteiger charge is 2.31. The summed E-state index contributed by atoms with van der Waals surface area (Å²) in [5.74, 6) is 0.0985. The molecule has 0 radical (unpaired) electrons. The topological polar surface area (TPSA) is 74.7 Å². The number of halogens is 2. The number of fused-ring (bicyclic) bond motifs is 1. The Morgan fingerprint density at radius 1 is 1.24 bits per heavy atom. The minimum Gasteiger partial charge on any atom is -0.497 e. The van der Waals surface area contributed by atoms with Crippen LogP contribution in [-0.2, 0) is 4.79 Å². The quantitative estimate of drug-likeness (QED) is 0.281. The average Bonchev–Trinajstić information content (AvgIpc) is 2.91. The van der Waals surface area contributed by atoms with Gasteiger partial charge in [0.2, 0.25) is 0 Å². The number of piperidine rings is 1. The maximum absolute atomic E-state index is 13.9. The minimum absolute atomic E-state index is 0.0453. The Hall–Kier alpha value is -2.75. The SMILES string of the molecule is CN[C@@H](CC[C@@H]1CCN(CCSc2cc(F)ccc2F)C[C@@H]1CC(=O)O)c1ccnc2ccc(OC)cc12. The third kappa shape index (κ3) is 7.21. The van der Waals surface area contributed by atoms with E-state index in [1.54, 1.807) is 7.11 Å². The van der Waals surface area contributed by atoms with Crippen LogP contribution in [0.2, 0.25) is 0 Å². The zero-order chi connectivity index (χ0) is 27.1. The molecule has 3 atom stereocenters. The number of pyridine rings is 1. The summed E-state index contributed by atoms with van der Waals surface area (Å²) in [6.07, 6.45) is 4.66. The number of thioether (sulfide) groups is 1. The number of aromatic nitrogens is 1. The van der Waals surface area contributed by atoms with Crippen molar-refractivity contribution in [2.24, 2.45) is 11.8 Å². The summed E-state index contributed by atoms with van der Waals surface area (Å²) in [5.41, 5.74) is 2.07. The molecule has 2 N–H and O–H groups in total. The molecule has 0 saturated carbocycles. The lowest BCUT2D eigenvalue weighted by atomic mass is 9.79. The van der Waals surface area contributed by atoms with Crippen LogP contribution in [0.15, 0.2) is 53.6 Å². The van der Waals surface area contributed by atoms with Crippen LogP contribution in [0.5, 0.6) is 5.75 Å². The number of nitrogens with one attached hydrogen (secondary N) is 1. The van der Waals surface area contributed by atoms with Crippen molar-refractivity contribution in [2.75, 3.05) is 39.5 Å². The number of carbonyl (C=O) groups is 1. The first-order chi connectivity index (χ1) is 18.4. The lowest BCUT2D eigenvalue weighted by Crippen LogP contribution is -2.42. The van der Waals surface area contributed by atoms with Crippen molar-refractivity contribution in [3.63, 3.8) is 0 Å². The van der Waals surface area contributed by atoms with Crippen LogP contribution >= 0.6 is 11.8 Å². The Morgan fingerprint density at radius 3 is 2.84 bits per heavy atom. The molecule has 2 heterocycles. The second kappa shape index (κ2) is 13.4. The van der Waals surface area contributed by atoms with Crippen LogP contribution < -0.4 is 10.1 Å². The molecule has 1 aliphatic heterocycles. The highest BCUT2D eigenvalue weighted by atomic mass is 32.2. The molecule has 204 valence electrons. The Kier molecular flexibility index (Phi) is 9.93. The molecule has 2 aromatic carbocycles. The maximum Gasteiger partial charge on any atom is 0.303 e. The van der Waals surface area contributed by atoms with Gasteiger partial charge in [-0.25, -0.2) is 8.78 Å². The van der Waals surface area contributed by atoms with Crippen LogP contribution in [0, 0.1) is 23.5 Å². The predicted molar refractivity (Wildman–Crippen MR) is 147 cm³/mol. The molecule has 9 heteroatoms. The van der Waals surface area contributed by atoms with E-state index < -0.39 is 17.6 Å². The Morgan fingerprint density at radius 2 is 2.08 bits per heavy atom. The number of rotatable bonds is 12. The molecule has 0 aliphatic carbocycles. The van der Waals surface area contributed by atoms with E-state index >= 15 is 0 Å². The number of nitrogens with zero attached hydrogens (tertiary/aromatic N) is 2. The van der Waals surface area contributed by atoms with Gasteiger partial charge in [0, 0.05) is 47.8 Å². The number of hydrogen-bond acceptors (Lipinski definition) is 6. The van der Waals surface area contributed by atoms with E-state index in [2.05, 4.69) is 15.2 Å². The minimum atomic E-state index is -0.782. The van der Waals surface area contributed by atoms with Crippen molar-refractivity contribution in [3.05, 3.63) is 65.9 Å². The van der Waals surface area contributed by atoms with Crippen molar-refractivity contribution < 1.29 is 23.4 Å². The van der Waals surface area contributed by atoms with E-state index in [0.29, 0.717) is 29.7 Å². The second-order valence-electron chi connectivity index (χ2n) is 9.83. The monoisotopic (exact) mass is 543 g/mol. The summed E-state index contributed by atoms with van der Waals surface area (Å²) in [4.78, 5) is 18.7. The molecule has 1 aliphatic rings. The number of hydrogen-bond donors (Lipinski definition) is 2. The van der Waals surface area contributed by atoms with E-state index in [-0.39, 0.29) is 18.4 Å². The number of methoxy groups -OCH3 is 1. The number of aliphatic carboxylic acids is 1. The van der Waals surface area contributed by atoms with Gasteiger partial charge in [0.15, 0.2) is 0 Å². The second-order valence-corrected chi connectivity index (χ2v) is 11.0. The summed E-state index contributed by atoms with van der Waals surface area (Å²) in [6.45, 7) is 2.27. The lowest BCUT2D eigenvalue weighted by molar-refractivity contribution is -0.139. The first-order valence-electron chi connectivity index (χ1n) is 13.0. The molecule has 1 aromatic heterocycles. The molecular formula is C29H35F2N3O3S. The van der Waals surface area contributed by atoms with Gasteiger partial charge in [-0.2, -0.15) is 0 Å². The summed E-state index contributed by atoms with van der Waals surface area (Å²) in [6, 6.07) is 11.5. The van der Waals surface area contributed by atoms with Crippen molar-refractivity contribution in [1.29, 1.82) is 0 Å². The molecule has 0 bridgehead atoms. The maximum atomic E-state index is 13.9. The molecule has 0 amide bonds. The molecule has 38 heavy (non-hydrogen) atoms. The van der Waals surface area contributed by atoms with Gasteiger partial charge < -0.3 is 20.1 Å². The zero-order valence-electron chi connectivity index (χ0n) is 21.8. The van der Waals surface area contributed by atoms with E-state index in [1.807, 2.05) is 37.5 Å². The lowest BCUT2D eigenvalue weighted by Gasteiger charge is -2.38. The van der Waals surface area contributed by atoms with Crippen LogP contribution in [0.25, 0.3) is 10.9 Å². The van der Waals surface area contributed by atoms with Gasteiger partial charge in [-0.1, -0.05) is 0 Å². The molecule has 6 nitrogen and oxygen atoms in total. The number of benzene rings is 2. The zero-order valence-corrected chi connectivity index (χ0v) is 22.6. The standard InChI is InChI=1S/C29H35F2N3O3S/c1-32-26(23-9-11-33-27-8-5-22(37-2)17-24(23)27)7-3-19-10-12-34(18-20(19)15-29(35)36)13-14-38-28-16-21(30)4-6-25(28)31/h4-6,8-9,11,16-17,19-20,26,32H,3,7,10,12-15,18H2,1-2H3,(H,35,36)/t19-,20+,26+/m1/s1. The summed E-state index contributed by atoms with van der Waals surface area (Å²) in [5, 5.41) is 14.1. The van der Waals surface area contributed by atoms with E-state index in [9.17, 15) is 18.7 Å². The average molecular weight is 544 g/mol. The van der Waals surface area contributed by atoms with Crippen molar-refractivity contribution in [1.82, 2.24) is 15.2 Å². The summed E-state index contributed by atoms with van der Waals surface area (Å²) < 4.78 is 32.8. The Balaban J connectivity index is 1.38. The van der Waals surface area contributed by atoms with Gasteiger partial charge in [-0.3, -0.25) is 9.78 Å². The van der Waals surface area contributed by atoms with Gasteiger partial charge >= 0.3 is 5.97 Å². The molecular weight excluding hydrogens is 508 g/mol. The highest BCUT2D eigenvalue weighted by Crippen LogP contribution is 2.35. The Labute approximate surface area is 226 Å². The van der Waals surface area contributed by atoms with Crippen molar-refractivity contribution in [2.45, 2.75) is 36.6 Å². The number of carboxylic acids is 1. The van der Waals surface area contributed by atoms with Crippen LogP contribution in [-0.4, -0.2) is 60.5 Å². The van der Waals surface area contributed by atoms with Crippen molar-refractivity contribution in [3.8, 4) is 5.75 Å².